The predicted octanol–water partition coefficient (Wildman–Crippen LogP) is 4.77. The number of morpholine rings is 1. The van der Waals surface area contributed by atoms with Gasteiger partial charge in [-0.3, -0.25) is 9.55 Å². The van der Waals surface area contributed by atoms with E-state index in [1.165, 1.54) is 0 Å². The number of halogens is 1. The molecule has 166 valence electrons. The molecule has 3 aromatic heterocycles. The maximum absolute atomic E-state index is 6.47. The molecule has 0 spiro atoms. The van der Waals surface area contributed by atoms with E-state index in [2.05, 4.69) is 37.6 Å². The number of para-hydroxylation sites is 1. The fourth-order valence-electron chi connectivity index (χ4n) is 4.72. The molecule has 6 rings (SSSR count). The summed E-state index contributed by atoms with van der Waals surface area (Å²) in [6, 6.07) is 12.4. The van der Waals surface area contributed by atoms with Crippen molar-refractivity contribution < 1.29 is 4.74 Å². The molecular weight excluding hydrogens is 436 g/mol. The van der Waals surface area contributed by atoms with Gasteiger partial charge in [0.05, 0.1) is 58.7 Å². The van der Waals surface area contributed by atoms with E-state index in [0.29, 0.717) is 5.02 Å². The summed E-state index contributed by atoms with van der Waals surface area (Å²) in [5.41, 5.74) is 7.03. The quantitative estimate of drug-likeness (QED) is 0.389. The molecule has 0 unspecified atom stereocenters. The number of hydrogen-bond acceptors (Lipinski definition) is 5. The van der Waals surface area contributed by atoms with Crippen molar-refractivity contribution in [3.63, 3.8) is 0 Å². The summed E-state index contributed by atoms with van der Waals surface area (Å²) in [5.74, 6) is 0.903. The summed E-state index contributed by atoms with van der Waals surface area (Å²) < 4.78 is 9.84. The number of aryl methyl sites for hydroxylation is 2. The zero-order valence-corrected chi connectivity index (χ0v) is 19.3. The molecule has 1 saturated heterocycles. The van der Waals surface area contributed by atoms with Crippen LogP contribution in [0.1, 0.15) is 5.82 Å². The summed E-state index contributed by atoms with van der Waals surface area (Å²) in [5, 5.41) is 1.63. The summed E-state index contributed by atoms with van der Waals surface area (Å²) in [4.78, 5) is 16.3. The number of anilines is 1. The first kappa shape index (κ1) is 20.2. The molecule has 0 atom stereocenters. The van der Waals surface area contributed by atoms with Crippen molar-refractivity contribution in [2.24, 2.45) is 7.05 Å². The van der Waals surface area contributed by atoms with Crippen molar-refractivity contribution in [2.45, 2.75) is 6.92 Å². The smallest absolute Gasteiger partial charge is 0.111 e. The fourth-order valence-corrected chi connectivity index (χ4v) is 4.94. The van der Waals surface area contributed by atoms with Gasteiger partial charge in [-0.25, -0.2) is 9.97 Å². The number of imidazole rings is 2. The van der Waals surface area contributed by atoms with E-state index in [0.717, 1.165) is 76.7 Å². The van der Waals surface area contributed by atoms with E-state index in [4.69, 9.17) is 21.3 Å². The predicted molar refractivity (Wildman–Crippen MR) is 131 cm³/mol. The third-order valence-corrected chi connectivity index (χ3v) is 6.63. The molecular formula is C25H23ClN6O. The number of hydrogen-bond donors (Lipinski definition) is 0. The highest BCUT2D eigenvalue weighted by Gasteiger charge is 2.21. The Kier molecular flexibility index (Phi) is 4.81. The van der Waals surface area contributed by atoms with Crippen molar-refractivity contribution >= 4 is 39.2 Å². The van der Waals surface area contributed by atoms with Crippen molar-refractivity contribution in [2.75, 3.05) is 31.2 Å². The van der Waals surface area contributed by atoms with E-state index >= 15 is 0 Å². The molecule has 5 aromatic rings. The Labute approximate surface area is 196 Å². The summed E-state index contributed by atoms with van der Waals surface area (Å²) in [6.45, 7) is 5.21. The van der Waals surface area contributed by atoms with Crippen LogP contribution in [-0.4, -0.2) is 50.4 Å². The van der Waals surface area contributed by atoms with Crippen LogP contribution >= 0.6 is 11.6 Å². The first-order chi connectivity index (χ1) is 16.1. The molecule has 1 aliphatic rings. The van der Waals surface area contributed by atoms with Gasteiger partial charge in [0, 0.05) is 43.0 Å². The van der Waals surface area contributed by atoms with Gasteiger partial charge < -0.3 is 14.2 Å². The van der Waals surface area contributed by atoms with E-state index in [-0.39, 0.29) is 0 Å². The highest BCUT2D eigenvalue weighted by Crippen LogP contribution is 2.36. The van der Waals surface area contributed by atoms with Crippen LogP contribution in [0.3, 0.4) is 0 Å². The Morgan fingerprint density at radius 3 is 2.70 bits per heavy atom. The number of nitrogens with zero attached hydrogens (tertiary/aromatic N) is 6. The molecule has 0 bridgehead atoms. The first-order valence-electron chi connectivity index (χ1n) is 11.0. The molecule has 2 aromatic carbocycles. The summed E-state index contributed by atoms with van der Waals surface area (Å²) >= 11 is 6.47. The summed E-state index contributed by atoms with van der Waals surface area (Å²) in [7, 11) is 2.01. The lowest BCUT2D eigenvalue weighted by Crippen LogP contribution is -2.36. The topological polar surface area (TPSA) is 61.0 Å². The third kappa shape index (κ3) is 3.27. The number of rotatable bonds is 3. The van der Waals surface area contributed by atoms with E-state index < -0.39 is 0 Å². The molecule has 1 fully saturated rings. The molecule has 0 saturated carbocycles. The minimum atomic E-state index is 0.640. The van der Waals surface area contributed by atoms with Crippen molar-refractivity contribution in [3.8, 4) is 16.9 Å². The fraction of sp³-hybridized carbons (Fsp3) is 0.240. The standard InChI is InChI=1S/C25H23ClN6O/c1-16-29-25-19(23-14-27-15-30(23)2)12-17(31-8-10-33-11-9-31)13-22(25)32(16)21-6-7-28-24-18(21)4-3-5-20(24)26/h3-7,12-15H,8-11H2,1-2H3. The Bertz CT molecular complexity index is 1500. The molecule has 8 heteroatoms. The van der Waals surface area contributed by atoms with Gasteiger partial charge in [0.25, 0.3) is 0 Å². The molecule has 33 heavy (non-hydrogen) atoms. The molecule has 4 heterocycles. The number of fused-ring (bicyclic) bond motifs is 2. The van der Waals surface area contributed by atoms with E-state index in [1.54, 1.807) is 0 Å². The number of pyridine rings is 1. The average Bonchev–Trinajstić information content (AvgIpc) is 3.41. The second-order valence-corrected chi connectivity index (χ2v) is 8.72. The maximum atomic E-state index is 6.47. The average molecular weight is 459 g/mol. The molecule has 1 aliphatic heterocycles. The molecule has 0 N–H and O–H groups in total. The van der Waals surface area contributed by atoms with Crippen LogP contribution < -0.4 is 4.90 Å². The molecule has 0 radical (unpaired) electrons. The van der Waals surface area contributed by atoms with Crippen LogP contribution in [0, 0.1) is 6.92 Å². The Morgan fingerprint density at radius 2 is 1.91 bits per heavy atom. The van der Waals surface area contributed by atoms with Crippen molar-refractivity contribution in [1.82, 2.24) is 24.1 Å². The van der Waals surface area contributed by atoms with Gasteiger partial charge in [-0.05, 0) is 31.2 Å². The van der Waals surface area contributed by atoms with Gasteiger partial charge in [0.15, 0.2) is 0 Å². The van der Waals surface area contributed by atoms with Gasteiger partial charge in [-0.15, -0.1) is 0 Å². The second-order valence-electron chi connectivity index (χ2n) is 8.31. The van der Waals surface area contributed by atoms with Gasteiger partial charge >= 0.3 is 0 Å². The minimum Gasteiger partial charge on any atom is -0.378 e. The third-order valence-electron chi connectivity index (χ3n) is 6.32. The SMILES string of the molecule is Cc1nc2c(-c3cncn3C)cc(N3CCOCC3)cc2n1-c1ccnc2c(Cl)cccc12. The lowest BCUT2D eigenvalue weighted by molar-refractivity contribution is 0.122. The van der Waals surface area contributed by atoms with Gasteiger partial charge in [-0.1, -0.05) is 23.7 Å². The monoisotopic (exact) mass is 458 g/mol. The molecule has 0 aliphatic carbocycles. The highest BCUT2D eigenvalue weighted by atomic mass is 35.5. The summed E-state index contributed by atoms with van der Waals surface area (Å²) in [6.07, 6.45) is 5.53. The lowest BCUT2D eigenvalue weighted by atomic mass is 10.1. The largest absolute Gasteiger partial charge is 0.378 e. The van der Waals surface area contributed by atoms with Crippen LogP contribution in [0.2, 0.25) is 5.02 Å². The lowest BCUT2D eigenvalue weighted by Gasteiger charge is -2.29. The maximum Gasteiger partial charge on any atom is 0.111 e. The Balaban J connectivity index is 1.67. The zero-order chi connectivity index (χ0) is 22.5. The first-order valence-corrected chi connectivity index (χ1v) is 11.4. The van der Waals surface area contributed by atoms with Gasteiger partial charge in [0.1, 0.15) is 5.82 Å². The molecule has 0 amide bonds. The number of aromatic nitrogens is 5. The Hall–Kier alpha value is -3.42. The van der Waals surface area contributed by atoms with Crippen molar-refractivity contribution in [1.29, 1.82) is 0 Å². The number of ether oxygens (including phenoxy) is 1. The van der Waals surface area contributed by atoms with Crippen LogP contribution in [0.15, 0.2) is 55.1 Å². The normalized spacial score (nSPS) is 14.5. The second kappa shape index (κ2) is 7.86. The van der Waals surface area contributed by atoms with E-state index in [9.17, 15) is 0 Å². The van der Waals surface area contributed by atoms with E-state index in [1.807, 2.05) is 55.5 Å². The minimum absolute atomic E-state index is 0.640. The van der Waals surface area contributed by atoms with Crippen molar-refractivity contribution in [3.05, 3.63) is 66.0 Å². The van der Waals surface area contributed by atoms with Gasteiger partial charge in [-0.2, -0.15) is 0 Å². The van der Waals surface area contributed by atoms with Crippen LogP contribution in [-0.2, 0) is 11.8 Å². The zero-order valence-electron chi connectivity index (χ0n) is 18.5. The van der Waals surface area contributed by atoms with Crippen LogP contribution in [0.5, 0.6) is 0 Å². The molecule has 7 nitrogen and oxygen atoms in total. The van der Waals surface area contributed by atoms with Gasteiger partial charge in [0.2, 0.25) is 0 Å². The Morgan fingerprint density at radius 1 is 1.06 bits per heavy atom. The highest BCUT2D eigenvalue weighted by molar-refractivity contribution is 6.35. The number of benzene rings is 2. The van der Waals surface area contributed by atoms with Crippen LogP contribution in [0.4, 0.5) is 5.69 Å². The van der Waals surface area contributed by atoms with Crippen LogP contribution in [0.25, 0.3) is 38.9 Å².